The Labute approximate surface area is 218 Å². The number of piperazine rings is 1. The summed E-state index contributed by atoms with van der Waals surface area (Å²) in [6.07, 6.45) is 4.64. The average Bonchev–Trinajstić information content (AvgIpc) is 3.37. The number of nitrogens with zero attached hydrogens (tertiary/aromatic N) is 7. The summed E-state index contributed by atoms with van der Waals surface area (Å²) in [4.78, 5) is 31.3. The Morgan fingerprint density at radius 2 is 1.95 bits per heavy atom. The highest BCUT2D eigenvalue weighted by atomic mass is 19.3. The first-order valence-corrected chi connectivity index (χ1v) is 12.9. The molecule has 0 amide bonds. The highest BCUT2D eigenvalue weighted by Crippen LogP contribution is 2.41. The van der Waals surface area contributed by atoms with Crippen LogP contribution in [0.2, 0.25) is 0 Å². The van der Waals surface area contributed by atoms with Gasteiger partial charge in [0, 0.05) is 56.6 Å². The summed E-state index contributed by atoms with van der Waals surface area (Å²) in [5, 5.41) is 3.51. The molecule has 9 nitrogen and oxygen atoms in total. The lowest BCUT2D eigenvalue weighted by Crippen LogP contribution is -2.44. The van der Waals surface area contributed by atoms with Crippen molar-refractivity contribution >= 4 is 34.1 Å². The van der Waals surface area contributed by atoms with Crippen LogP contribution in [0.25, 0.3) is 11.0 Å². The van der Waals surface area contributed by atoms with E-state index in [-0.39, 0.29) is 24.2 Å². The van der Waals surface area contributed by atoms with Crippen LogP contribution in [-0.2, 0) is 6.54 Å². The van der Waals surface area contributed by atoms with E-state index in [0.29, 0.717) is 35.4 Å². The second kappa shape index (κ2) is 9.46. The standard InChI is InChI=1S/C27H30F2N8O/c1-3-12-36-25(38)21-17-30-26(31-19-5-7-20(8-6-19)35-15-13-34(2)14-16-35)33-24(21)37(36)22-9-4-18-10-11-27(28,29)23(18)32-22/h3-8,17,22H,1,9-16H2,2H3,(H,30,31,33). The summed E-state index contributed by atoms with van der Waals surface area (Å²) in [7, 11) is 2.13. The first-order chi connectivity index (χ1) is 18.3. The number of hydrogen-bond donors (Lipinski definition) is 1. The topological polar surface area (TPSA) is 83.6 Å². The van der Waals surface area contributed by atoms with Gasteiger partial charge in [-0.15, -0.1) is 6.58 Å². The van der Waals surface area contributed by atoms with Crippen LogP contribution in [0, 0.1) is 0 Å². The maximum absolute atomic E-state index is 14.5. The molecule has 1 aliphatic carbocycles. The lowest BCUT2D eigenvalue weighted by molar-refractivity contribution is 0.0786. The van der Waals surface area contributed by atoms with E-state index >= 15 is 0 Å². The van der Waals surface area contributed by atoms with Crippen LogP contribution in [0.4, 0.5) is 26.1 Å². The summed E-state index contributed by atoms with van der Waals surface area (Å²) in [6.45, 7) is 7.97. The SMILES string of the molecule is C=CCn1c(=O)c2cnc(Nc3ccc(N4CCN(C)CC4)cc3)nc2n1C1CC=C2CCC(F)(F)C2=N1. The van der Waals surface area contributed by atoms with Gasteiger partial charge in [-0.05, 0) is 43.3 Å². The van der Waals surface area contributed by atoms with E-state index in [4.69, 9.17) is 0 Å². The van der Waals surface area contributed by atoms with Crippen molar-refractivity contribution in [3.05, 3.63) is 65.1 Å². The summed E-state index contributed by atoms with van der Waals surface area (Å²) in [5.41, 5.74) is 2.41. The number of dihydropyridines is 1. The van der Waals surface area contributed by atoms with Gasteiger partial charge in [0.2, 0.25) is 5.95 Å². The van der Waals surface area contributed by atoms with Gasteiger partial charge in [-0.2, -0.15) is 13.8 Å². The van der Waals surface area contributed by atoms with E-state index in [2.05, 4.69) is 55.8 Å². The third-order valence-corrected chi connectivity index (χ3v) is 7.50. The molecule has 2 fully saturated rings. The summed E-state index contributed by atoms with van der Waals surface area (Å²) in [5.74, 6) is -2.66. The van der Waals surface area contributed by atoms with Crippen molar-refractivity contribution < 1.29 is 8.78 Å². The normalized spacial score (nSPS) is 21.2. The highest BCUT2D eigenvalue weighted by molar-refractivity contribution is 6.07. The summed E-state index contributed by atoms with van der Waals surface area (Å²) >= 11 is 0. The molecule has 11 heteroatoms. The van der Waals surface area contributed by atoms with E-state index in [0.717, 1.165) is 37.6 Å². The Balaban J connectivity index is 1.32. The predicted octanol–water partition coefficient (Wildman–Crippen LogP) is 3.97. The summed E-state index contributed by atoms with van der Waals surface area (Å²) in [6, 6.07) is 8.07. The molecule has 2 aromatic heterocycles. The Hall–Kier alpha value is -3.86. The molecule has 3 aromatic rings. The van der Waals surface area contributed by atoms with Crippen molar-refractivity contribution in [3.63, 3.8) is 0 Å². The third kappa shape index (κ3) is 4.30. The van der Waals surface area contributed by atoms with Crippen molar-refractivity contribution in [1.82, 2.24) is 24.2 Å². The molecular formula is C27H30F2N8O. The number of aromatic nitrogens is 4. The van der Waals surface area contributed by atoms with Gasteiger partial charge in [-0.3, -0.25) is 9.79 Å². The highest BCUT2D eigenvalue weighted by Gasteiger charge is 2.45. The molecule has 198 valence electrons. The molecule has 1 unspecified atom stereocenters. The van der Waals surface area contributed by atoms with E-state index < -0.39 is 12.1 Å². The van der Waals surface area contributed by atoms with Crippen molar-refractivity contribution in [3.8, 4) is 0 Å². The smallest absolute Gasteiger partial charge is 0.289 e. The van der Waals surface area contributed by atoms with Crippen LogP contribution in [0.3, 0.4) is 0 Å². The molecule has 1 N–H and O–H groups in total. The molecule has 1 saturated carbocycles. The second-order valence-corrected chi connectivity index (χ2v) is 10.0. The number of benzene rings is 1. The average molecular weight is 521 g/mol. The minimum absolute atomic E-state index is 0.180. The number of likely N-dealkylation sites (N-methyl/N-ethyl adjacent to an activating group) is 1. The number of fused-ring (bicyclic) bond motifs is 2. The Bertz CT molecular complexity index is 1500. The molecular weight excluding hydrogens is 490 g/mol. The molecule has 38 heavy (non-hydrogen) atoms. The molecule has 4 heterocycles. The third-order valence-electron chi connectivity index (χ3n) is 7.50. The maximum Gasteiger partial charge on any atom is 0.289 e. The maximum atomic E-state index is 14.5. The number of alkyl halides is 2. The van der Waals surface area contributed by atoms with Crippen LogP contribution in [0.1, 0.15) is 25.4 Å². The zero-order chi connectivity index (χ0) is 26.4. The van der Waals surface area contributed by atoms with Crippen LogP contribution in [0.15, 0.2) is 64.6 Å². The second-order valence-electron chi connectivity index (χ2n) is 10.0. The van der Waals surface area contributed by atoms with Gasteiger partial charge in [0.1, 0.15) is 17.3 Å². The fraction of sp³-hybridized carbons (Fsp3) is 0.407. The van der Waals surface area contributed by atoms with E-state index in [1.807, 2.05) is 18.2 Å². The molecule has 3 aliphatic rings. The molecule has 6 rings (SSSR count). The van der Waals surface area contributed by atoms with Gasteiger partial charge < -0.3 is 15.1 Å². The predicted molar refractivity (Wildman–Crippen MR) is 145 cm³/mol. The molecule has 0 radical (unpaired) electrons. The van der Waals surface area contributed by atoms with Gasteiger partial charge >= 0.3 is 0 Å². The van der Waals surface area contributed by atoms with Crippen LogP contribution in [-0.4, -0.2) is 69.1 Å². The van der Waals surface area contributed by atoms with Gasteiger partial charge in [0.05, 0.1) is 6.54 Å². The molecule has 1 saturated heterocycles. The minimum Gasteiger partial charge on any atom is -0.369 e. The van der Waals surface area contributed by atoms with Gasteiger partial charge in [0.25, 0.3) is 11.5 Å². The first-order valence-electron chi connectivity index (χ1n) is 12.9. The van der Waals surface area contributed by atoms with Crippen molar-refractivity contribution in [1.29, 1.82) is 0 Å². The number of aliphatic imine (C=N–C) groups is 1. The van der Waals surface area contributed by atoms with Crippen molar-refractivity contribution in [2.75, 3.05) is 43.4 Å². The van der Waals surface area contributed by atoms with E-state index in [1.165, 1.54) is 10.9 Å². The van der Waals surface area contributed by atoms with Gasteiger partial charge in [-0.1, -0.05) is 12.2 Å². The zero-order valence-electron chi connectivity index (χ0n) is 21.3. The molecule has 2 aliphatic heterocycles. The lowest BCUT2D eigenvalue weighted by atomic mass is 10.1. The van der Waals surface area contributed by atoms with E-state index in [9.17, 15) is 13.6 Å². The molecule has 1 aromatic carbocycles. The monoisotopic (exact) mass is 520 g/mol. The number of hydrogen-bond acceptors (Lipinski definition) is 7. The van der Waals surface area contributed by atoms with Crippen molar-refractivity contribution in [2.45, 2.75) is 37.9 Å². The largest absolute Gasteiger partial charge is 0.369 e. The molecule has 0 bridgehead atoms. The van der Waals surface area contributed by atoms with Crippen LogP contribution < -0.4 is 15.8 Å². The fourth-order valence-corrected chi connectivity index (χ4v) is 5.40. The van der Waals surface area contributed by atoms with Crippen LogP contribution >= 0.6 is 0 Å². The zero-order valence-corrected chi connectivity index (χ0v) is 21.3. The Morgan fingerprint density at radius 3 is 2.68 bits per heavy atom. The van der Waals surface area contributed by atoms with Gasteiger partial charge in [0.15, 0.2) is 5.65 Å². The first kappa shape index (κ1) is 24.5. The Morgan fingerprint density at radius 1 is 1.18 bits per heavy atom. The fourth-order valence-electron chi connectivity index (χ4n) is 5.40. The minimum atomic E-state index is -2.96. The number of allylic oxidation sites excluding steroid dienone is 2. The number of rotatable bonds is 6. The molecule has 1 atom stereocenters. The Kier molecular flexibility index (Phi) is 6.10. The van der Waals surface area contributed by atoms with Crippen LogP contribution in [0.5, 0.6) is 0 Å². The molecule has 0 spiro atoms. The quantitative estimate of drug-likeness (QED) is 0.496. The lowest BCUT2D eigenvalue weighted by Gasteiger charge is -2.34. The number of halogens is 2. The van der Waals surface area contributed by atoms with E-state index in [1.54, 1.807) is 10.8 Å². The van der Waals surface area contributed by atoms with Gasteiger partial charge in [-0.25, -0.2) is 14.3 Å². The summed E-state index contributed by atoms with van der Waals surface area (Å²) < 4.78 is 32.1. The number of nitrogens with one attached hydrogen (secondary N) is 1. The number of anilines is 3. The van der Waals surface area contributed by atoms with Crippen molar-refractivity contribution in [2.24, 2.45) is 4.99 Å².